The first kappa shape index (κ1) is 17.3. The third kappa shape index (κ3) is 4.99. The van der Waals surface area contributed by atoms with E-state index in [9.17, 15) is 9.90 Å². The predicted octanol–water partition coefficient (Wildman–Crippen LogP) is 3.61. The summed E-state index contributed by atoms with van der Waals surface area (Å²) >= 11 is 3.41. The first-order valence-corrected chi connectivity index (χ1v) is 8.44. The topological polar surface area (TPSA) is 49.8 Å². The molecule has 2 atom stereocenters. The normalized spacial score (nSPS) is 20.0. The number of aliphatic hydroxyl groups is 1. The van der Waals surface area contributed by atoms with Crippen molar-refractivity contribution in [3.8, 4) is 0 Å². The van der Waals surface area contributed by atoms with Crippen LogP contribution in [0.5, 0.6) is 0 Å². The molecule has 1 aliphatic rings. The van der Waals surface area contributed by atoms with Crippen LogP contribution in [0.25, 0.3) is 0 Å². The van der Waals surface area contributed by atoms with E-state index in [1.165, 1.54) is 0 Å². The van der Waals surface area contributed by atoms with Gasteiger partial charge in [-0.1, -0.05) is 28.1 Å². The standard InChI is InChI=1S/C17H24BrNO3/c1-17(2,3)22-16(21)19-9-8-13(11-19)15(20)10-12-4-6-14(18)7-5-12/h4-7,13,15,20H,8-11H2,1-3H3. The van der Waals surface area contributed by atoms with Gasteiger partial charge in [-0.3, -0.25) is 0 Å². The van der Waals surface area contributed by atoms with E-state index in [1.807, 2.05) is 45.0 Å². The molecule has 1 heterocycles. The van der Waals surface area contributed by atoms with Crippen molar-refractivity contribution in [1.29, 1.82) is 0 Å². The first-order valence-electron chi connectivity index (χ1n) is 7.65. The zero-order chi connectivity index (χ0) is 16.3. The first-order chi connectivity index (χ1) is 10.2. The van der Waals surface area contributed by atoms with Crippen molar-refractivity contribution in [3.63, 3.8) is 0 Å². The van der Waals surface area contributed by atoms with Gasteiger partial charge < -0.3 is 14.7 Å². The molecule has 0 spiro atoms. The zero-order valence-electron chi connectivity index (χ0n) is 13.4. The van der Waals surface area contributed by atoms with Crippen LogP contribution in [0.4, 0.5) is 4.79 Å². The maximum absolute atomic E-state index is 12.0. The Hall–Kier alpha value is -1.07. The largest absolute Gasteiger partial charge is 0.444 e. The highest BCUT2D eigenvalue weighted by Gasteiger charge is 2.33. The molecule has 2 rings (SSSR count). The van der Waals surface area contributed by atoms with E-state index in [-0.39, 0.29) is 12.0 Å². The van der Waals surface area contributed by atoms with Gasteiger partial charge in [-0.05, 0) is 51.3 Å². The number of aliphatic hydroxyl groups excluding tert-OH is 1. The van der Waals surface area contributed by atoms with E-state index in [0.29, 0.717) is 19.5 Å². The smallest absolute Gasteiger partial charge is 0.410 e. The molecule has 1 amide bonds. The Morgan fingerprint density at radius 1 is 1.41 bits per heavy atom. The van der Waals surface area contributed by atoms with Crippen LogP contribution < -0.4 is 0 Å². The van der Waals surface area contributed by atoms with Crippen molar-refractivity contribution >= 4 is 22.0 Å². The van der Waals surface area contributed by atoms with Crippen LogP contribution in [0, 0.1) is 5.92 Å². The van der Waals surface area contributed by atoms with Crippen LogP contribution in [-0.4, -0.2) is 40.9 Å². The lowest BCUT2D eigenvalue weighted by Gasteiger charge is -2.25. The van der Waals surface area contributed by atoms with Gasteiger partial charge in [0.1, 0.15) is 5.60 Å². The van der Waals surface area contributed by atoms with Gasteiger partial charge in [-0.15, -0.1) is 0 Å². The molecule has 122 valence electrons. The second-order valence-corrected chi connectivity index (χ2v) is 7.79. The van der Waals surface area contributed by atoms with Crippen LogP contribution in [-0.2, 0) is 11.2 Å². The van der Waals surface area contributed by atoms with Gasteiger partial charge in [0.2, 0.25) is 0 Å². The fourth-order valence-electron chi connectivity index (χ4n) is 2.62. The minimum absolute atomic E-state index is 0.108. The number of carbonyl (C=O) groups is 1. The van der Waals surface area contributed by atoms with Crippen LogP contribution in [0.3, 0.4) is 0 Å². The number of carbonyl (C=O) groups excluding carboxylic acids is 1. The number of likely N-dealkylation sites (tertiary alicyclic amines) is 1. The Kier molecular flexibility index (Phi) is 5.50. The molecule has 0 aliphatic carbocycles. The van der Waals surface area contributed by atoms with Crippen LogP contribution in [0.15, 0.2) is 28.7 Å². The molecule has 5 heteroatoms. The van der Waals surface area contributed by atoms with Crippen molar-refractivity contribution in [2.75, 3.05) is 13.1 Å². The number of hydrogen-bond acceptors (Lipinski definition) is 3. The van der Waals surface area contributed by atoms with Gasteiger partial charge in [-0.2, -0.15) is 0 Å². The summed E-state index contributed by atoms with van der Waals surface area (Å²) in [6.07, 6.45) is 0.705. The Morgan fingerprint density at radius 3 is 2.64 bits per heavy atom. The summed E-state index contributed by atoms with van der Waals surface area (Å²) in [5.74, 6) is 0.108. The third-order valence-corrected chi connectivity index (χ3v) is 4.31. The number of amides is 1. The molecule has 1 aliphatic heterocycles. The van der Waals surface area contributed by atoms with Crippen molar-refractivity contribution in [2.24, 2.45) is 5.92 Å². The average molecular weight is 370 g/mol. The zero-order valence-corrected chi connectivity index (χ0v) is 15.0. The molecular weight excluding hydrogens is 346 g/mol. The van der Waals surface area contributed by atoms with Crippen LogP contribution in [0.2, 0.25) is 0 Å². The average Bonchev–Trinajstić information content (AvgIpc) is 2.89. The summed E-state index contributed by atoms with van der Waals surface area (Å²) in [6, 6.07) is 7.97. The molecule has 22 heavy (non-hydrogen) atoms. The fraction of sp³-hybridized carbons (Fsp3) is 0.588. The van der Waals surface area contributed by atoms with Crippen molar-refractivity contribution in [2.45, 2.75) is 45.3 Å². The second kappa shape index (κ2) is 7.01. The molecule has 0 saturated carbocycles. The van der Waals surface area contributed by atoms with Crippen LogP contribution in [0.1, 0.15) is 32.8 Å². The lowest BCUT2D eigenvalue weighted by molar-refractivity contribution is 0.0269. The molecule has 1 aromatic carbocycles. The molecule has 1 aromatic rings. The quantitative estimate of drug-likeness (QED) is 0.885. The Bertz CT molecular complexity index is 510. The molecule has 0 bridgehead atoms. The Labute approximate surface area is 140 Å². The SMILES string of the molecule is CC(C)(C)OC(=O)N1CCC(C(O)Cc2ccc(Br)cc2)C1. The summed E-state index contributed by atoms with van der Waals surface area (Å²) in [5, 5.41) is 10.4. The van der Waals surface area contributed by atoms with Gasteiger partial charge in [0.05, 0.1) is 6.10 Å². The van der Waals surface area contributed by atoms with E-state index >= 15 is 0 Å². The number of hydrogen-bond donors (Lipinski definition) is 1. The van der Waals surface area contributed by atoms with Gasteiger partial charge in [0.15, 0.2) is 0 Å². The molecule has 1 saturated heterocycles. The summed E-state index contributed by atoms with van der Waals surface area (Å²) in [6.45, 7) is 6.80. The number of nitrogens with zero attached hydrogens (tertiary/aromatic N) is 1. The minimum atomic E-state index is -0.481. The number of benzene rings is 1. The van der Waals surface area contributed by atoms with E-state index in [4.69, 9.17) is 4.74 Å². The number of ether oxygens (including phenoxy) is 1. The van der Waals surface area contributed by atoms with E-state index in [1.54, 1.807) is 4.90 Å². The Balaban J connectivity index is 1.87. The third-order valence-electron chi connectivity index (χ3n) is 3.78. The lowest BCUT2D eigenvalue weighted by atomic mass is 9.95. The highest BCUT2D eigenvalue weighted by atomic mass is 79.9. The predicted molar refractivity (Wildman–Crippen MR) is 89.8 cm³/mol. The monoisotopic (exact) mass is 369 g/mol. The minimum Gasteiger partial charge on any atom is -0.444 e. The van der Waals surface area contributed by atoms with E-state index in [0.717, 1.165) is 16.5 Å². The number of rotatable bonds is 3. The van der Waals surface area contributed by atoms with Gasteiger partial charge in [-0.25, -0.2) is 4.79 Å². The maximum Gasteiger partial charge on any atom is 0.410 e. The summed E-state index contributed by atoms with van der Waals surface area (Å²) in [5.41, 5.74) is 0.622. The summed E-state index contributed by atoms with van der Waals surface area (Å²) < 4.78 is 6.41. The fourth-order valence-corrected chi connectivity index (χ4v) is 2.89. The highest BCUT2D eigenvalue weighted by molar-refractivity contribution is 9.10. The van der Waals surface area contributed by atoms with E-state index < -0.39 is 11.7 Å². The van der Waals surface area contributed by atoms with Gasteiger partial charge in [0, 0.05) is 23.5 Å². The molecule has 1 fully saturated rings. The molecule has 4 nitrogen and oxygen atoms in total. The number of halogens is 1. The van der Waals surface area contributed by atoms with Crippen molar-refractivity contribution in [1.82, 2.24) is 4.90 Å². The summed E-state index contributed by atoms with van der Waals surface area (Å²) in [7, 11) is 0. The summed E-state index contributed by atoms with van der Waals surface area (Å²) in [4.78, 5) is 13.7. The Morgan fingerprint density at radius 2 is 2.05 bits per heavy atom. The molecule has 1 N–H and O–H groups in total. The van der Waals surface area contributed by atoms with Crippen molar-refractivity contribution < 1.29 is 14.6 Å². The molecular formula is C17H24BrNO3. The second-order valence-electron chi connectivity index (χ2n) is 6.87. The molecule has 2 unspecified atom stereocenters. The van der Waals surface area contributed by atoms with E-state index in [2.05, 4.69) is 15.9 Å². The lowest BCUT2D eigenvalue weighted by Crippen LogP contribution is -2.36. The van der Waals surface area contributed by atoms with Crippen LogP contribution >= 0.6 is 15.9 Å². The highest BCUT2D eigenvalue weighted by Crippen LogP contribution is 2.24. The molecule has 0 radical (unpaired) electrons. The maximum atomic E-state index is 12.0. The van der Waals surface area contributed by atoms with Gasteiger partial charge in [0.25, 0.3) is 0 Å². The molecule has 0 aromatic heterocycles. The van der Waals surface area contributed by atoms with Crippen molar-refractivity contribution in [3.05, 3.63) is 34.3 Å². The van der Waals surface area contributed by atoms with Gasteiger partial charge >= 0.3 is 6.09 Å².